The van der Waals surface area contributed by atoms with Crippen molar-refractivity contribution in [3.8, 4) is 5.75 Å². The summed E-state index contributed by atoms with van der Waals surface area (Å²) in [7, 11) is 0. The SMILES string of the molecule is C[C@](O)(COc1c(F)c(F)c(F)c(F)c1F)C(=O)Nc1ccc([N+](=O)[O-])c(C(F)(F)F)c1. The van der Waals surface area contributed by atoms with Crippen molar-refractivity contribution in [2.45, 2.75) is 18.7 Å². The lowest BCUT2D eigenvalue weighted by molar-refractivity contribution is -0.388. The maximum absolute atomic E-state index is 13.6. The van der Waals surface area contributed by atoms with E-state index in [-0.39, 0.29) is 6.07 Å². The van der Waals surface area contributed by atoms with Gasteiger partial charge in [-0.25, -0.2) is 13.2 Å². The van der Waals surface area contributed by atoms with E-state index in [9.17, 15) is 55.1 Å². The average Bonchev–Trinajstić information content (AvgIpc) is 2.69. The number of carbonyl (C=O) groups excluding carboxylic acids is 1. The number of ether oxygens (including phenoxy) is 1. The highest BCUT2D eigenvalue weighted by Crippen LogP contribution is 2.37. The minimum atomic E-state index is -5.18. The number of rotatable bonds is 6. The van der Waals surface area contributed by atoms with Crippen molar-refractivity contribution in [1.82, 2.24) is 0 Å². The summed E-state index contributed by atoms with van der Waals surface area (Å²) < 4.78 is 110. The van der Waals surface area contributed by atoms with Gasteiger partial charge >= 0.3 is 6.18 Å². The number of anilines is 1. The monoisotopic (exact) mass is 474 g/mol. The van der Waals surface area contributed by atoms with Gasteiger partial charge in [0.25, 0.3) is 11.6 Å². The molecule has 0 fully saturated rings. The Morgan fingerprint density at radius 1 is 1.06 bits per heavy atom. The molecule has 2 N–H and O–H groups in total. The van der Waals surface area contributed by atoms with Gasteiger partial charge in [0.1, 0.15) is 12.2 Å². The van der Waals surface area contributed by atoms with Crippen LogP contribution in [-0.4, -0.2) is 28.1 Å². The topological polar surface area (TPSA) is 102 Å². The largest absolute Gasteiger partial charge is 0.484 e. The summed E-state index contributed by atoms with van der Waals surface area (Å²) in [5, 5.41) is 22.6. The molecule has 0 radical (unpaired) electrons. The number of nitro benzene ring substituents is 1. The van der Waals surface area contributed by atoms with Crippen LogP contribution in [0.3, 0.4) is 0 Å². The van der Waals surface area contributed by atoms with Crippen LogP contribution in [0, 0.1) is 39.2 Å². The first kappa shape index (κ1) is 24.8. The number of halogens is 8. The smallest absolute Gasteiger partial charge is 0.423 e. The average molecular weight is 474 g/mol. The molecule has 2 aromatic carbocycles. The molecule has 0 aliphatic carbocycles. The second-order valence-electron chi connectivity index (χ2n) is 6.40. The number of benzene rings is 2. The predicted octanol–water partition coefficient (Wildman–Crippen LogP) is 4.08. The molecule has 15 heteroatoms. The lowest BCUT2D eigenvalue weighted by Gasteiger charge is -2.23. The van der Waals surface area contributed by atoms with Crippen molar-refractivity contribution in [3.63, 3.8) is 0 Å². The molecule has 2 rings (SSSR count). The van der Waals surface area contributed by atoms with E-state index in [0.29, 0.717) is 19.1 Å². The van der Waals surface area contributed by atoms with E-state index >= 15 is 0 Å². The molecule has 1 atom stereocenters. The van der Waals surface area contributed by atoms with Gasteiger partial charge in [0.2, 0.25) is 29.1 Å². The van der Waals surface area contributed by atoms with Crippen LogP contribution in [0.2, 0.25) is 0 Å². The second-order valence-corrected chi connectivity index (χ2v) is 6.40. The fourth-order valence-electron chi connectivity index (χ4n) is 2.26. The molecule has 0 aromatic heterocycles. The zero-order valence-corrected chi connectivity index (χ0v) is 15.5. The number of amides is 1. The van der Waals surface area contributed by atoms with Crippen LogP contribution < -0.4 is 10.1 Å². The number of carbonyl (C=O) groups is 1. The molecule has 174 valence electrons. The minimum Gasteiger partial charge on any atom is -0.484 e. The molecule has 1 amide bonds. The molecule has 32 heavy (non-hydrogen) atoms. The summed E-state index contributed by atoms with van der Waals surface area (Å²) in [6, 6.07) is 1.32. The van der Waals surface area contributed by atoms with Crippen molar-refractivity contribution in [2.24, 2.45) is 0 Å². The number of alkyl halides is 3. The number of hydrogen-bond donors (Lipinski definition) is 2. The molecule has 0 saturated heterocycles. The second kappa shape index (κ2) is 8.57. The lowest BCUT2D eigenvalue weighted by Crippen LogP contribution is -2.45. The van der Waals surface area contributed by atoms with E-state index in [1.54, 1.807) is 5.32 Å². The fraction of sp³-hybridized carbons (Fsp3) is 0.235. The molecule has 0 heterocycles. The number of hydrogen-bond acceptors (Lipinski definition) is 5. The molecular weight excluding hydrogens is 464 g/mol. The third kappa shape index (κ3) is 4.87. The van der Waals surface area contributed by atoms with E-state index in [4.69, 9.17) is 0 Å². The maximum atomic E-state index is 13.6. The van der Waals surface area contributed by atoms with Gasteiger partial charge in [0.15, 0.2) is 11.4 Å². The van der Waals surface area contributed by atoms with E-state index in [1.807, 2.05) is 0 Å². The standard InChI is InChI=1S/C17H10F8N2O5/c1-16(29,5-32-14-12(21)10(19)9(18)11(20)13(14)22)15(28)26-6-2-3-8(27(30)31)7(4-6)17(23,24)25/h2-4,29H,5H2,1H3,(H,26,28)/t16-/m0/s1. The van der Waals surface area contributed by atoms with Crippen molar-refractivity contribution >= 4 is 17.3 Å². The quantitative estimate of drug-likeness (QED) is 0.216. The Balaban J connectivity index is 2.25. The number of nitrogens with one attached hydrogen (secondary N) is 1. The summed E-state index contributed by atoms with van der Waals surface area (Å²) in [5.74, 6) is -15.3. The van der Waals surface area contributed by atoms with Crippen LogP contribution in [0.4, 0.5) is 46.5 Å². The van der Waals surface area contributed by atoms with E-state index < -0.39 is 81.0 Å². The Labute approximate surface area is 172 Å². The first-order valence-corrected chi connectivity index (χ1v) is 8.11. The van der Waals surface area contributed by atoms with Gasteiger partial charge < -0.3 is 15.2 Å². The van der Waals surface area contributed by atoms with Crippen LogP contribution in [0.25, 0.3) is 0 Å². The van der Waals surface area contributed by atoms with Crippen LogP contribution >= 0.6 is 0 Å². The molecule has 0 aliphatic rings. The van der Waals surface area contributed by atoms with Gasteiger partial charge in [0, 0.05) is 11.8 Å². The van der Waals surface area contributed by atoms with Crippen molar-refractivity contribution in [3.05, 3.63) is 63.0 Å². The van der Waals surface area contributed by atoms with Crippen molar-refractivity contribution in [1.29, 1.82) is 0 Å². The Bertz CT molecular complexity index is 1060. The number of nitrogens with zero attached hydrogens (tertiary/aromatic N) is 1. The Morgan fingerprint density at radius 3 is 2.03 bits per heavy atom. The van der Waals surface area contributed by atoms with Gasteiger partial charge in [-0.3, -0.25) is 14.9 Å². The van der Waals surface area contributed by atoms with Gasteiger partial charge in [-0.05, 0) is 19.1 Å². The Hall–Kier alpha value is -3.49. The highest BCUT2D eigenvalue weighted by Gasteiger charge is 2.39. The van der Waals surface area contributed by atoms with E-state index in [0.717, 1.165) is 0 Å². The maximum Gasteiger partial charge on any atom is 0.423 e. The molecule has 0 saturated carbocycles. The number of nitro groups is 1. The summed E-state index contributed by atoms with van der Waals surface area (Å²) in [5.41, 5.74) is -6.47. The van der Waals surface area contributed by atoms with Crippen molar-refractivity contribution in [2.75, 3.05) is 11.9 Å². The summed E-state index contributed by atoms with van der Waals surface area (Å²) >= 11 is 0. The fourth-order valence-corrected chi connectivity index (χ4v) is 2.26. The normalized spacial score (nSPS) is 13.4. The van der Waals surface area contributed by atoms with Crippen LogP contribution in [-0.2, 0) is 11.0 Å². The van der Waals surface area contributed by atoms with Crippen LogP contribution in [0.5, 0.6) is 5.75 Å². The van der Waals surface area contributed by atoms with Crippen LogP contribution in [0.1, 0.15) is 12.5 Å². The Kier molecular flexibility index (Phi) is 6.63. The summed E-state index contributed by atoms with van der Waals surface area (Å²) in [4.78, 5) is 21.6. The van der Waals surface area contributed by atoms with Gasteiger partial charge in [-0.1, -0.05) is 0 Å². The molecule has 2 aromatic rings. The van der Waals surface area contributed by atoms with Gasteiger partial charge in [0.05, 0.1) is 4.92 Å². The number of aliphatic hydroxyl groups is 1. The minimum absolute atomic E-state index is 0.192. The predicted molar refractivity (Wildman–Crippen MR) is 89.1 cm³/mol. The molecule has 0 bridgehead atoms. The highest BCUT2D eigenvalue weighted by molar-refractivity contribution is 5.97. The summed E-state index contributed by atoms with van der Waals surface area (Å²) in [6.07, 6.45) is -5.18. The summed E-state index contributed by atoms with van der Waals surface area (Å²) in [6.45, 7) is -0.735. The molecule has 0 unspecified atom stereocenters. The van der Waals surface area contributed by atoms with Gasteiger partial charge in [-0.2, -0.15) is 22.0 Å². The third-order valence-corrected chi connectivity index (χ3v) is 3.91. The highest BCUT2D eigenvalue weighted by atomic mass is 19.4. The zero-order valence-electron chi connectivity index (χ0n) is 15.5. The first-order chi connectivity index (χ1) is 14.6. The van der Waals surface area contributed by atoms with Gasteiger partial charge in [-0.15, -0.1) is 0 Å². The van der Waals surface area contributed by atoms with Crippen LogP contribution in [0.15, 0.2) is 18.2 Å². The van der Waals surface area contributed by atoms with E-state index in [2.05, 4.69) is 4.74 Å². The first-order valence-electron chi connectivity index (χ1n) is 8.11. The molecule has 0 aliphatic heterocycles. The Morgan fingerprint density at radius 2 is 1.56 bits per heavy atom. The molecular formula is C17H10F8N2O5. The third-order valence-electron chi connectivity index (χ3n) is 3.91. The lowest BCUT2D eigenvalue weighted by atomic mass is 10.1. The van der Waals surface area contributed by atoms with E-state index in [1.165, 1.54) is 0 Å². The van der Waals surface area contributed by atoms with Crippen molar-refractivity contribution < 1.29 is 54.7 Å². The zero-order chi connectivity index (χ0) is 24.6. The molecule has 0 spiro atoms. The molecule has 7 nitrogen and oxygen atoms in total.